The number of aliphatic carboxylic acids is 1. The van der Waals surface area contributed by atoms with Crippen LogP contribution in [0.25, 0.3) is 0 Å². The van der Waals surface area contributed by atoms with Gasteiger partial charge in [-0.25, -0.2) is 4.79 Å². The molecule has 0 amide bonds. The van der Waals surface area contributed by atoms with E-state index < -0.39 is 42.6 Å². The second-order valence-electron chi connectivity index (χ2n) is 7.51. The number of esters is 1. The number of carboxylic acid groups (broad SMARTS) is 1. The molecule has 2 aromatic carbocycles. The highest BCUT2D eigenvalue weighted by atomic mass is 16.7. The fourth-order valence-corrected chi connectivity index (χ4v) is 3.65. The molecule has 0 aliphatic carbocycles. The lowest BCUT2D eigenvalue weighted by atomic mass is 9.97. The van der Waals surface area contributed by atoms with Crippen LogP contribution in [0.15, 0.2) is 42.5 Å². The van der Waals surface area contributed by atoms with Crippen molar-refractivity contribution in [1.82, 2.24) is 0 Å². The predicted molar refractivity (Wildman–Crippen MR) is 105 cm³/mol. The topological polar surface area (TPSA) is 160 Å². The monoisotopic (exact) mass is 444 g/mol. The van der Waals surface area contributed by atoms with Crippen molar-refractivity contribution in [1.29, 1.82) is 0 Å². The molecule has 32 heavy (non-hydrogen) atoms. The molecule has 2 heterocycles. The lowest BCUT2D eigenvalue weighted by molar-refractivity contribution is -0.286. The maximum Gasteiger partial charge on any atom is 0.335 e. The van der Waals surface area contributed by atoms with Crippen molar-refractivity contribution >= 4 is 17.7 Å². The number of carbonyl (C=O) groups excluding carboxylic acids is 2. The zero-order valence-electron chi connectivity index (χ0n) is 16.6. The van der Waals surface area contributed by atoms with Gasteiger partial charge in [0.2, 0.25) is 6.29 Å². The largest absolute Gasteiger partial charge is 0.488 e. The van der Waals surface area contributed by atoms with Crippen LogP contribution < -0.4 is 4.74 Å². The SMILES string of the molecule is O=C(Cc1ccc2c(c1)C(=O)c1ccccc1CO2)OC1OC(C(=O)O)C(O)C(O)C1O. The number of hydrogen-bond donors (Lipinski definition) is 4. The standard InChI is InChI=1S/C22H20O10/c23-15(31-22-19(27)17(25)18(26)20(32-22)21(28)29)8-10-5-6-14-13(7-10)16(24)12-4-2-1-3-11(12)9-30-14/h1-7,17-20,22,25-27H,8-9H2,(H,28,29). The zero-order valence-corrected chi connectivity index (χ0v) is 16.6. The molecule has 0 spiro atoms. The molecule has 4 rings (SSSR count). The summed E-state index contributed by atoms with van der Waals surface area (Å²) in [6.45, 7) is 0.228. The Labute approximate surface area is 181 Å². The number of hydrogen-bond acceptors (Lipinski definition) is 9. The van der Waals surface area contributed by atoms with Gasteiger partial charge in [0.25, 0.3) is 0 Å². The summed E-state index contributed by atoms with van der Waals surface area (Å²) in [7, 11) is 0. The Morgan fingerprint density at radius 2 is 1.75 bits per heavy atom. The third kappa shape index (κ3) is 4.08. The molecule has 2 aliphatic rings. The van der Waals surface area contributed by atoms with Gasteiger partial charge in [0.05, 0.1) is 12.0 Å². The third-order valence-corrected chi connectivity index (χ3v) is 5.34. The first-order valence-corrected chi connectivity index (χ1v) is 9.76. The van der Waals surface area contributed by atoms with Crippen LogP contribution in [0.3, 0.4) is 0 Å². The van der Waals surface area contributed by atoms with Gasteiger partial charge in [0.1, 0.15) is 30.7 Å². The molecule has 1 fully saturated rings. The molecule has 0 aromatic heterocycles. The summed E-state index contributed by atoms with van der Waals surface area (Å²) < 4.78 is 15.6. The molecule has 10 heteroatoms. The van der Waals surface area contributed by atoms with Crippen molar-refractivity contribution < 1.29 is 49.0 Å². The first-order valence-electron chi connectivity index (χ1n) is 9.76. The predicted octanol–water partition coefficient (Wildman–Crippen LogP) is -0.212. The highest BCUT2D eigenvalue weighted by Crippen LogP contribution is 2.30. The summed E-state index contributed by atoms with van der Waals surface area (Å²) in [5.41, 5.74) is 1.92. The second-order valence-corrected chi connectivity index (χ2v) is 7.51. The summed E-state index contributed by atoms with van der Waals surface area (Å²) in [5, 5.41) is 38.6. The van der Waals surface area contributed by atoms with E-state index >= 15 is 0 Å². The average Bonchev–Trinajstić information content (AvgIpc) is 2.91. The molecule has 0 saturated carbocycles. The van der Waals surface area contributed by atoms with E-state index in [-0.39, 0.29) is 24.4 Å². The van der Waals surface area contributed by atoms with Crippen LogP contribution in [0.5, 0.6) is 5.75 Å². The lowest BCUT2D eigenvalue weighted by Crippen LogP contribution is -2.60. The first kappa shape index (κ1) is 21.9. The van der Waals surface area contributed by atoms with Gasteiger partial charge in [-0.2, -0.15) is 0 Å². The van der Waals surface area contributed by atoms with E-state index in [1.165, 1.54) is 6.07 Å². The average molecular weight is 444 g/mol. The van der Waals surface area contributed by atoms with E-state index in [4.69, 9.17) is 19.3 Å². The summed E-state index contributed by atoms with van der Waals surface area (Å²) in [6, 6.07) is 11.7. The molecule has 168 valence electrons. The number of rotatable bonds is 4. The van der Waals surface area contributed by atoms with E-state index in [9.17, 15) is 29.7 Å². The highest BCUT2D eigenvalue weighted by Gasteiger charge is 2.48. The number of carbonyl (C=O) groups is 3. The molecule has 5 atom stereocenters. The van der Waals surface area contributed by atoms with E-state index in [0.717, 1.165) is 5.56 Å². The lowest BCUT2D eigenvalue weighted by Gasteiger charge is -2.37. The number of ketones is 1. The molecule has 2 aromatic rings. The molecule has 0 bridgehead atoms. The van der Waals surface area contributed by atoms with E-state index in [2.05, 4.69) is 0 Å². The van der Waals surface area contributed by atoms with Crippen molar-refractivity contribution in [3.63, 3.8) is 0 Å². The van der Waals surface area contributed by atoms with Crippen molar-refractivity contribution in [3.05, 3.63) is 64.7 Å². The number of aliphatic hydroxyl groups excluding tert-OH is 3. The Morgan fingerprint density at radius 3 is 2.50 bits per heavy atom. The number of aliphatic hydroxyl groups is 3. The van der Waals surface area contributed by atoms with Gasteiger partial charge in [-0.1, -0.05) is 30.3 Å². The number of benzene rings is 2. The normalized spacial score (nSPS) is 26.8. The van der Waals surface area contributed by atoms with Crippen LogP contribution >= 0.6 is 0 Å². The van der Waals surface area contributed by atoms with Crippen LogP contribution in [0, 0.1) is 0 Å². The molecule has 0 radical (unpaired) electrons. The van der Waals surface area contributed by atoms with Crippen molar-refractivity contribution in [3.8, 4) is 5.75 Å². The maximum absolute atomic E-state index is 12.9. The van der Waals surface area contributed by atoms with E-state index in [1.54, 1.807) is 36.4 Å². The summed E-state index contributed by atoms with van der Waals surface area (Å²) in [5.74, 6) is -2.37. The zero-order chi connectivity index (χ0) is 23.0. The molecular weight excluding hydrogens is 424 g/mol. The highest BCUT2D eigenvalue weighted by molar-refractivity contribution is 6.12. The number of fused-ring (bicyclic) bond motifs is 2. The Bertz CT molecular complexity index is 1060. The van der Waals surface area contributed by atoms with Crippen molar-refractivity contribution in [2.75, 3.05) is 0 Å². The summed E-state index contributed by atoms with van der Waals surface area (Å²) >= 11 is 0. The number of carboxylic acids is 1. The van der Waals surface area contributed by atoms with Gasteiger partial charge in [0, 0.05) is 11.1 Å². The molecule has 2 aliphatic heterocycles. The van der Waals surface area contributed by atoms with Gasteiger partial charge >= 0.3 is 11.9 Å². The molecule has 1 saturated heterocycles. The Balaban J connectivity index is 1.49. The van der Waals surface area contributed by atoms with Crippen LogP contribution in [0.1, 0.15) is 27.0 Å². The van der Waals surface area contributed by atoms with E-state index in [1.807, 2.05) is 0 Å². The summed E-state index contributed by atoms with van der Waals surface area (Å²) in [4.78, 5) is 36.5. The molecule has 5 unspecified atom stereocenters. The van der Waals surface area contributed by atoms with Gasteiger partial charge in [-0.3, -0.25) is 9.59 Å². The van der Waals surface area contributed by atoms with Crippen LogP contribution in [0.2, 0.25) is 0 Å². The van der Waals surface area contributed by atoms with Gasteiger partial charge in [0.15, 0.2) is 11.9 Å². The van der Waals surface area contributed by atoms with Gasteiger partial charge in [-0.05, 0) is 17.7 Å². The Morgan fingerprint density at radius 1 is 1.00 bits per heavy atom. The van der Waals surface area contributed by atoms with Crippen molar-refractivity contribution in [2.24, 2.45) is 0 Å². The minimum Gasteiger partial charge on any atom is -0.488 e. The Kier molecular flexibility index (Phi) is 5.94. The van der Waals surface area contributed by atoms with E-state index in [0.29, 0.717) is 16.9 Å². The van der Waals surface area contributed by atoms with Crippen molar-refractivity contribution in [2.45, 2.75) is 43.7 Å². The summed E-state index contributed by atoms with van der Waals surface area (Å²) in [6.07, 6.45) is -9.62. The molecule has 10 nitrogen and oxygen atoms in total. The Hall–Kier alpha value is -3.31. The third-order valence-electron chi connectivity index (χ3n) is 5.34. The smallest absolute Gasteiger partial charge is 0.335 e. The quantitative estimate of drug-likeness (QED) is 0.465. The van der Waals surface area contributed by atoms with Gasteiger partial charge in [-0.15, -0.1) is 0 Å². The molecular formula is C22H20O10. The van der Waals surface area contributed by atoms with Crippen LogP contribution in [-0.2, 0) is 32.1 Å². The fourth-order valence-electron chi connectivity index (χ4n) is 3.65. The van der Waals surface area contributed by atoms with Crippen LogP contribution in [-0.4, -0.2) is 68.9 Å². The maximum atomic E-state index is 12.9. The number of ether oxygens (including phenoxy) is 3. The first-order chi connectivity index (χ1) is 15.3. The van der Waals surface area contributed by atoms with Crippen LogP contribution in [0.4, 0.5) is 0 Å². The fraction of sp³-hybridized carbons (Fsp3) is 0.318. The van der Waals surface area contributed by atoms with Gasteiger partial charge < -0.3 is 34.6 Å². The minimum absolute atomic E-state index is 0.228. The minimum atomic E-state index is -1.89. The second kappa shape index (κ2) is 8.67. The molecule has 4 N–H and O–H groups in total.